The van der Waals surface area contributed by atoms with Crippen molar-refractivity contribution < 1.29 is 13.2 Å². The molecule has 0 bridgehead atoms. The molecule has 0 radical (unpaired) electrons. The normalized spacial score (nSPS) is 11.4. The lowest BCUT2D eigenvalue weighted by Gasteiger charge is -2.05. The van der Waals surface area contributed by atoms with Crippen LogP contribution in [-0.4, -0.2) is 24.9 Å². The van der Waals surface area contributed by atoms with Gasteiger partial charge in [0.15, 0.2) is 14.8 Å². The second kappa shape index (κ2) is 5.21. The zero-order valence-electron chi connectivity index (χ0n) is 9.33. The van der Waals surface area contributed by atoms with Crippen LogP contribution in [0.5, 0.6) is 5.75 Å². The summed E-state index contributed by atoms with van der Waals surface area (Å²) in [6.45, 7) is 0.206. The fourth-order valence-corrected chi connectivity index (χ4v) is 2.67. The van der Waals surface area contributed by atoms with Gasteiger partial charge in [0.1, 0.15) is 12.4 Å². The number of ether oxygens (including phenoxy) is 1. The summed E-state index contributed by atoms with van der Waals surface area (Å²) in [5.41, 5.74) is 0. The molecule has 0 saturated carbocycles. The van der Waals surface area contributed by atoms with Crippen LogP contribution in [-0.2, 0) is 16.4 Å². The van der Waals surface area contributed by atoms with Gasteiger partial charge in [0.2, 0.25) is 4.47 Å². The molecule has 18 heavy (non-hydrogen) atoms. The van der Waals surface area contributed by atoms with Crippen molar-refractivity contribution in [1.29, 1.82) is 0 Å². The molecule has 0 amide bonds. The SMILES string of the molecule is CS(=O)(=O)c1cccc(OCc2nnc(Cl)s2)c1. The van der Waals surface area contributed by atoms with Gasteiger partial charge in [-0.05, 0) is 29.8 Å². The summed E-state index contributed by atoms with van der Waals surface area (Å²) >= 11 is 6.85. The molecule has 1 aromatic heterocycles. The predicted octanol–water partition coefficient (Wildman–Crippen LogP) is 2.17. The van der Waals surface area contributed by atoms with E-state index in [0.29, 0.717) is 15.2 Å². The lowest BCUT2D eigenvalue weighted by Crippen LogP contribution is -1.99. The minimum absolute atomic E-state index is 0.206. The molecule has 0 atom stereocenters. The molecular weight excluding hydrogens is 296 g/mol. The third-order valence-electron chi connectivity index (χ3n) is 2.04. The molecule has 1 aromatic carbocycles. The van der Waals surface area contributed by atoms with E-state index in [4.69, 9.17) is 16.3 Å². The summed E-state index contributed by atoms with van der Waals surface area (Å²) in [6, 6.07) is 6.29. The highest BCUT2D eigenvalue weighted by Crippen LogP contribution is 2.20. The molecule has 0 aliphatic carbocycles. The summed E-state index contributed by atoms with van der Waals surface area (Å²) < 4.78 is 28.5. The van der Waals surface area contributed by atoms with Gasteiger partial charge in [-0.2, -0.15) is 0 Å². The number of hydrogen-bond acceptors (Lipinski definition) is 6. The molecule has 5 nitrogen and oxygen atoms in total. The van der Waals surface area contributed by atoms with Crippen LogP contribution in [0.15, 0.2) is 29.2 Å². The number of halogens is 1. The number of hydrogen-bond donors (Lipinski definition) is 0. The fraction of sp³-hybridized carbons (Fsp3) is 0.200. The Morgan fingerprint density at radius 2 is 2.17 bits per heavy atom. The van der Waals surface area contributed by atoms with Crippen molar-refractivity contribution >= 4 is 32.8 Å². The third kappa shape index (κ3) is 3.41. The molecular formula is C10H9ClN2O3S2. The first kappa shape index (κ1) is 13.3. The summed E-state index contributed by atoms with van der Waals surface area (Å²) in [7, 11) is -3.23. The zero-order valence-corrected chi connectivity index (χ0v) is 11.7. The standard InChI is InChI=1S/C10H9ClN2O3S2/c1-18(14,15)8-4-2-3-7(5-8)16-6-9-12-13-10(11)17-9/h2-5H,6H2,1H3. The van der Waals surface area contributed by atoms with Crippen LogP contribution in [0.4, 0.5) is 0 Å². The van der Waals surface area contributed by atoms with Crippen LogP contribution in [0.2, 0.25) is 4.47 Å². The largest absolute Gasteiger partial charge is 0.486 e. The minimum atomic E-state index is -3.23. The van der Waals surface area contributed by atoms with Crippen LogP contribution in [0.1, 0.15) is 5.01 Å². The summed E-state index contributed by atoms with van der Waals surface area (Å²) in [5.74, 6) is 0.462. The van der Waals surface area contributed by atoms with Crippen molar-refractivity contribution in [3.63, 3.8) is 0 Å². The Morgan fingerprint density at radius 1 is 1.39 bits per heavy atom. The van der Waals surface area contributed by atoms with E-state index in [2.05, 4.69) is 10.2 Å². The highest BCUT2D eigenvalue weighted by atomic mass is 35.5. The van der Waals surface area contributed by atoms with E-state index in [1.54, 1.807) is 12.1 Å². The van der Waals surface area contributed by atoms with E-state index in [1.165, 1.54) is 23.5 Å². The minimum Gasteiger partial charge on any atom is -0.486 e. The Morgan fingerprint density at radius 3 is 2.78 bits per heavy atom. The van der Waals surface area contributed by atoms with Gasteiger partial charge >= 0.3 is 0 Å². The van der Waals surface area contributed by atoms with Crippen LogP contribution in [0, 0.1) is 0 Å². The predicted molar refractivity (Wildman–Crippen MR) is 68.8 cm³/mol. The number of aromatic nitrogens is 2. The smallest absolute Gasteiger partial charge is 0.207 e. The molecule has 0 unspecified atom stereocenters. The molecule has 0 fully saturated rings. The third-order valence-corrected chi connectivity index (χ3v) is 4.14. The first-order valence-corrected chi connectivity index (χ1v) is 7.94. The number of sulfone groups is 1. The van der Waals surface area contributed by atoms with E-state index in [9.17, 15) is 8.42 Å². The van der Waals surface area contributed by atoms with Gasteiger partial charge < -0.3 is 4.74 Å². The molecule has 2 aromatic rings. The molecule has 0 aliphatic heterocycles. The number of benzene rings is 1. The maximum atomic E-state index is 11.4. The first-order valence-electron chi connectivity index (χ1n) is 4.86. The maximum absolute atomic E-state index is 11.4. The molecule has 0 aliphatic rings. The van der Waals surface area contributed by atoms with Crippen LogP contribution in [0.3, 0.4) is 0 Å². The first-order chi connectivity index (χ1) is 8.45. The van der Waals surface area contributed by atoms with Crippen molar-refractivity contribution in [2.45, 2.75) is 11.5 Å². The van der Waals surface area contributed by atoms with Crippen molar-refractivity contribution in [3.8, 4) is 5.75 Å². The van der Waals surface area contributed by atoms with E-state index < -0.39 is 9.84 Å². The Hall–Kier alpha value is -1.18. The highest BCUT2D eigenvalue weighted by molar-refractivity contribution is 7.90. The average molecular weight is 305 g/mol. The lowest BCUT2D eigenvalue weighted by atomic mass is 10.3. The second-order valence-corrected chi connectivity index (χ2v) is 7.14. The fourth-order valence-electron chi connectivity index (χ4n) is 1.23. The summed E-state index contributed by atoms with van der Waals surface area (Å²) in [4.78, 5) is 0.218. The molecule has 96 valence electrons. The Bertz CT molecular complexity index is 655. The molecule has 0 saturated heterocycles. The van der Waals surface area contributed by atoms with E-state index in [0.717, 1.165) is 6.26 Å². The van der Waals surface area contributed by atoms with Gasteiger partial charge in [-0.1, -0.05) is 17.4 Å². The lowest BCUT2D eigenvalue weighted by molar-refractivity contribution is 0.303. The molecule has 1 heterocycles. The van der Waals surface area contributed by atoms with E-state index in [1.807, 2.05) is 0 Å². The average Bonchev–Trinajstić information content (AvgIpc) is 2.72. The number of nitrogens with zero attached hydrogens (tertiary/aromatic N) is 2. The molecule has 0 spiro atoms. The maximum Gasteiger partial charge on any atom is 0.207 e. The van der Waals surface area contributed by atoms with Crippen molar-refractivity contribution in [3.05, 3.63) is 33.7 Å². The van der Waals surface area contributed by atoms with Crippen LogP contribution >= 0.6 is 22.9 Å². The highest BCUT2D eigenvalue weighted by Gasteiger charge is 2.08. The van der Waals surface area contributed by atoms with E-state index >= 15 is 0 Å². The monoisotopic (exact) mass is 304 g/mol. The second-order valence-electron chi connectivity index (χ2n) is 3.48. The topological polar surface area (TPSA) is 69.2 Å². The van der Waals surface area contributed by atoms with Gasteiger partial charge in [0.05, 0.1) is 4.90 Å². The van der Waals surface area contributed by atoms with Gasteiger partial charge in [-0.25, -0.2) is 8.42 Å². The van der Waals surface area contributed by atoms with Gasteiger partial charge in [-0.3, -0.25) is 0 Å². The van der Waals surface area contributed by atoms with Gasteiger partial charge in [0.25, 0.3) is 0 Å². The van der Waals surface area contributed by atoms with Gasteiger partial charge in [-0.15, -0.1) is 10.2 Å². The summed E-state index contributed by atoms with van der Waals surface area (Å²) in [6.07, 6.45) is 1.15. The van der Waals surface area contributed by atoms with Crippen LogP contribution < -0.4 is 4.74 Å². The van der Waals surface area contributed by atoms with Crippen LogP contribution in [0.25, 0.3) is 0 Å². The number of rotatable bonds is 4. The van der Waals surface area contributed by atoms with Crippen molar-refractivity contribution in [1.82, 2.24) is 10.2 Å². The summed E-state index contributed by atoms with van der Waals surface area (Å²) in [5, 5.41) is 8.07. The zero-order chi connectivity index (χ0) is 13.2. The van der Waals surface area contributed by atoms with Gasteiger partial charge in [0, 0.05) is 6.26 Å². The Kier molecular flexibility index (Phi) is 3.84. The Labute approximate surface area is 113 Å². The van der Waals surface area contributed by atoms with E-state index in [-0.39, 0.29) is 11.5 Å². The van der Waals surface area contributed by atoms with Crippen molar-refractivity contribution in [2.24, 2.45) is 0 Å². The Balaban J connectivity index is 2.11. The molecule has 8 heteroatoms. The molecule has 2 rings (SSSR count). The quantitative estimate of drug-likeness (QED) is 0.866. The molecule has 0 N–H and O–H groups in total. The van der Waals surface area contributed by atoms with Crippen molar-refractivity contribution in [2.75, 3.05) is 6.26 Å².